The normalized spacial score (nSPS) is 19.0. The molecule has 3 aromatic heterocycles. The Labute approximate surface area is 276 Å². The summed E-state index contributed by atoms with van der Waals surface area (Å²) in [5, 5.41) is 3.55. The first kappa shape index (κ1) is 32.1. The molecule has 252 valence electrons. The molecule has 0 aliphatic carbocycles. The summed E-state index contributed by atoms with van der Waals surface area (Å²) < 4.78 is 54.3. The summed E-state index contributed by atoms with van der Waals surface area (Å²) in [5.74, 6) is 1.08. The van der Waals surface area contributed by atoms with Crippen molar-refractivity contribution in [3.05, 3.63) is 82.9 Å². The number of carbonyl (C=O) groups is 1. The van der Waals surface area contributed by atoms with Crippen LogP contribution in [0.3, 0.4) is 0 Å². The number of aromatic nitrogens is 3. The Morgan fingerprint density at radius 3 is 2.71 bits per heavy atom. The molecule has 48 heavy (non-hydrogen) atoms. The van der Waals surface area contributed by atoms with E-state index in [-0.39, 0.29) is 30.3 Å². The van der Waals surface area contributed by atoms with Gasteiger partial charge in [0, 0.05) is 69.3 Å². The van der Waals surface area contributed by atoms with Crippen LogP contribution in [0.5, 0.6) is 11.5 Å². The highest BCUT2D eigenvalue weighted by Crippen LogP contribution is 2.37. The zero-order valence-electron chi connectivity index (χ0n) is 26.9. The maximum absolute atomic E-state index is 14.2. The van der Waals surface area contributed by atoms with Crippen molar-refractivity contribution in [3.63, 3.8) is 0 Å². The van der Waals surface area contributed by atoms with Crippen LogP contribution in [0, 0.1) is 0 Å². The first-order valence-corrected chi connectivity index (χ1v) is 16.2. The van der Waals surface area contributed by atoms with Crippen LogP contribution < -0.4 is 10.1 Å². The number of hydrogen-bond donors (Lipinski definition) is 2. The van der Waals surface area contributed by atoms with E-state index in [4.69, 9.17) is 14.5 Å². The number of pyridine rings is 2. The molecule has 7 rings (SSSR count). The fraction of sp³-hybridized carbons (Fsp3) is 0.400. The largest absolute Gasteiger partial charge is 0.455 e. The molecule has 1 saturated heterocycles. The van der Waals surface area contributed by atoms with E-state index in [2.05, 4.69) is 20.2 Å². The number of carbonyl (C=O) groups excluding carboxylic acids is 1. The van der Waals surface area contributed by atoms with Crippen LogP contribution in [0.15, 0.2) is 54.9 Å². The lowest BCUT2D eigenvalue weighted by atomic mass is 9.92. The van der Waals surface area contributed by atoms with Crippen LogP contribution in [0.4, 0.5) is 23.7 Å². The molecule has 2 amide bonds. The highest BCUT2D eigenvalue weighted by molar-refractivity contribution is 5.90. The van der Waals surface area contributed by atoms with Crippen LogP contribution in [-0.4, -0.2) is 88.7 Å². The molecule has 13 heteroatoms. The third kappa shape index (κ3) is 6.75. The summed E-state index contributed by atoms with van der Waals surface area (Å²) in [4.78, 5) is 31.8. The highest BCUT2D eigenvalue weighted by atomic mass is 19.4. The Hall–Kier alpha value is -4.46. The van der Waals surface area contributed by atoms with Crippen LogP contribution >= 0.6 is 0 Å². The van der Waals surface area contributed by atoms with Gasteiger partial charge in [-0.2, -0.15) is 13.2 Å². The molecule has 0 unspecified atom stereocenters. The summed E-state index contributed by atoms with van der Waals surface area (Å²) in [5.41, 5.74) is 3.98. The Kier molecular flexibility index (Phi) is 8.84. The first-order valence-electron chi connectivity index (χ1n) is 16.2. The predicted octanol–water partition coefficient (Wildman–Crippen LogP) is 6.47. The topological polar surface area (TPSA) is 98.9 Å². The molecular weight excluding hydrogens is 623 g/mol. The lowest BCUT2D eigenvalue weighted by Gasteiger charge is -2.34. The fourth-order valence-electron chi connectivity index (χ4n) is 6.62. The van der Waals surface area contributed by atoms with Crippen molar-refractivity contribution in [2.75, 3.05) is 58.3 Å². The second-order valence-corrected chi connectivity index (χ2v) is 12.7. The monoisotopic (exact) mass is 661 g/mol. The van der Waals surface area contributed by atoms with Gasteiger partial charge >= 0.3 is 12.2 Å². The maximum Gasteiger partial charge on any atom is 0.416 e. The van der Waals surface area contributed by atoms with Crippen molar-refractivity contribution in [2.24, 2.45) is 0 Å². The molecular formula is C35H38F3N7O3. The predicted molar refractivity (Wildman–Crippen MR) is 176 cm³/mol. The lowest BCUT2D eigenvalue weighted by molar-refractivity contribution is -0.138. The number of nitrogens with one attached hydrogen (secondary N) is 2. The van der Waals surface area contributed by atoms with Gasteiger partial charge in [-0.15, -0.1) is 0 Å². The van der Waals surface area contributed by atoms with E-state index >= 15 is 0 Å². The first-order chi connectivity index (χ1) is 23.1. The minimum Gasteiger partial charge on any atom is -0.455 e. The SMILES string of the molecule is CC[C@H]1CN(C(=O)Nc2ccc(CN3CCN(C)CC3)c(C(F)(F)F)c2)Cc2cc(Oc3ccnc4[nH]c(C5=CCOC5)cc34)cnc21. The Balaban J connectivity index is 1.08. The molecule has 6 heterocycles. The molecule has 2 N–H and O–H groups in total. The average Bonchev–Trinajstić information content (AvgIpc) is 3.77. The van der Waals surface area contributed by atoms with E-state index in [9.17, 15) is 18.0 Å². The maximum atomic E-state index is 14.2. The van der Waals surface area contributed by atoms with Gasteiger partial charge in [0.1, 0.15) is 17.1 Å². The van der Waals surface area contributed by atoms with Crippen molar-refractivity contribution in [2.45, 2.75) is 38.5 Å². The summed E-state index contributed by atoms with van der Waals surface area (Å²) in [7, 11) is 2.01. The lowest BCUT2D eigenvalue weighted by Crippen LogP contribution is -2.44. The number of amides is 2. The number of anilines is 1. The zero-order valence-corrected chi connectivity index (χ0v) is 26.9. The van der Waals surface area contributed by atoms with Crippen LogP contribution in [-0.2, 0) is 24.0 Å². The van der Waals surface area contributed by atoms with Gasteiger partial charge in [-0.25, -0.2) is 9.78 Å². The van der Waals surface area contributed by atoms with Crippen LogP contribution in [0.1, 0.15) is 47.3 Å². The number of H-pyrrole nitrogens is 1. The van der Waals surface area contributed by atoms with E-state index in [1.807, 2.05) is 37.1 Å². The highest BCUT2D eigenvalue weighted by Gasteiger charge is 2.35. The van der Waals surface area contributed by atoms with Crippen molar-refractivity contribution >= 4 is 28.3 Å². The summed E-state index contributed by atoms with van der Waals surface area (Å²) in [6, 6.07) is 9.28. The number of urea groups is 1. The molecule has 0 bridgehead atoms. The summed E-state index contributed by atoms with van der Waals surface area (Å²) in [6.07, 6.45) is 1.58. The molecule has 4 aromatic rings. The second-order valence-electron chi connectivity index (χ2n) is 12.7. The number of aromatic amines is 1. The number of rotatable bonds is 7. The molecule has 3 aliphatic heterocycles. The van der Waals surface area contributed by atoms with E-state index in [0.29, 0.717) is 50.0 Å². The van der Waals surface area contributed by atoms with E-state index in [1.165, 1.54) is 6.07 Å². The van der Waals surface area contributed by atoms with Gasteiger partial charge in [0.2, 0.25) is 0 Å². The van der Waals surface area contributed by atoms with Gasteiger partial charge in [-0.05, 0) is 60.5 Å². The molecule has 10 nitrogen and oxygen atoms in total. The van der Waals surface area contributed by atoms with Crippen molar-refractivity contribution in [3.8, 4) is 11.5 Å². The summed E-state index contributed by atoms with van der Waals surface area (Å²) in [6.45, 7) is 7.02. The number of likely N-dealkylation sites (N-methyl/N-ethyl adjacent to an activating group) is 1. The molecule has 3 aliphatic rings. The minimum absolute atomic E-state index is 0.0352. The third-order valence-electron chi connectivity index (χ3n) is 9.37. The van der Waals surface area contributed by atoms with Gasteiger partial charge in [-0.1, -0.05) is 19.1 Å². The van der Waals surface area contributed by atoms with Gasteiger partial charge in [-0.3, -0.25) is 9.88 Å². The zero-order chi connectivity index (χ0) is 33.4. The van der Waals surface area contributed by atoms with Crippen LogP contribution in [0.2, 0.25) is 0 Å². The minimum atomic E-state index is -4.55. The number of fused-ring (bicyclic) bond motifs is 2. The molecule has 1 fully saturated rings. The number of alkyl halides is 3. The Bertz CT molecular complexity index is 1850. The van der Waals surface area contributed by atoms with E-state index < -0.39 is 17.8 Å². The Morgan fingerprint density at radius 2 is 1.96 bits per heavy atom. The van der Waals surface area contributed by atoms with Crippen molar-refractivity contribution in [1.29, 1.82) is 0 Å². The number of benzene rings is 1. The van der Waals surface area contributed by atoms with Crippen molar-refractivity contribution < 1.29 is 27.4 Å². The Morgan fingerprint density at radius 1 is 1.12 bits per heavy atom. The number of piperazine rings is 1. The average molecular weight is 662 g/mol. The van der Waals surface area contributed by atoms with E-state index in [0.717, 1.165) is 53.5 Å². The smallest absolute Gasteiger partial charge is 0.416 e. The molecule has 1 atom stereocenters. The van der Waals surface area contributed by atoms with Crippen LogP contribution in [0.25, 0.3) is 16.6 Å². The molecule has 0 saturated carbocycles. The summed E-state index contributed by atoms with van der Waals surface area (Å²) >= 11 is 0. The van der Waals surface area contributed by atoms with Gasteiger partial charge in [0.25, 0.3) is 0 Å². The second kappa shape index (κ2) is 13.2. The molecule has 0 spiro atoms. The molecule has 1 aromatic carbocycles. The van der Waals surface area contributed by atoms with Crippen molar-refractivity contribution in [1.82, 2.24) is 29.7 Å². The number of ether oxygens (including phenoxy) is 2. The fourth-order valence-corrected chi connectivity index (χ4v) is 6.62. The van der Waals surface area contributed by atoms with Gasteiger partial charge in [0.05, 0.1) is 36.1 Å². The molecule has 0 radical (unpaired) electrons. The van der Waals surface area contributed by atoms with E-state index in [1.54, 1.807) is 29.4 Å². The number of hydrogen-bond acceptors (Lipinski definition) is 7. The van der Waals surface area contributed by atoms with Gasteiger partial charge in [0.15, 0.2) is 0 Å². The third-order valence-corrected chi connectivity index (χ3v) is 9.37. The quantitative estimate of drug-likeness (QED) is 0.234. The standard InChI is InChI=1S/C35H38F3N7O3/c1-3-22-19-45(34(46)41-26-5-4-23(29(15-26)35(36,37)38)18-44-11-9-43(2)10-12-44)20-25-14-27(17-40-32(22)25)48-31-6-8-39-33-28(31)16-30(42-33)24-7-13-47-21-24/h4-8,14-17,22H,3,9-13,18-21H2,1-2H3,(H,39,42)(H,41,46)/t22-/m0/s1. The number of nitrogens with zero attached hydrogens (tertiary/aromatic N) is 5. The van der Waals surface area contributed by atoms with Gasteiger partial charge < -0.3 is 29.6 Å². The number of halogens is 3.